The Morgan fingerprint density at radius 2 is 2.15 bits per heavy atom. The number of fused-ring (bicyclic) bond motifs is 1. The molecule has 0 radical (unpaired) electrons. The van der Waals surface area contributed by atoms with E-state index >= 15 is 0 Å². The summed E-state index contributed by atoms with van der Waals surface area (Å²) in [5.74, 6) is 0.812. The van der Waals surface area contributed by atoms with E-state index in [-0.39, 0.29) is 0 Å². The Balaban J connectivity index is 1.58. The molecule has 2 saturated heterocycles. The van der Waals surface area contributed by atoms with Gasteiger partial charge in [0.05, 0.1) is 5.52 Å². The molecule has 2 atom stereocenters. The third kappa shape index (κ3) is 2.21. The smallest absolute Gasteiger partial charge is 0.119 e. The van der Waals surface area contributed by atoms with Gasteiger partial charge in [0.1, 0.15) is 5.00 Å². The van der Waals surface area contributed by atoms with E-state index in [1.807, 2.05) is 0 Å². The lowest BCUT2D eigenvalue weighted by molar-refractivity contribution is 0.330. The summed E-state index contributed by atoms with van der Waals surface area (Å²) in [4.78, 5) is 2.58. The van der Waals surface area contributed by atoms with Crippen LogP contribution in [0.5, 0.6) is 0 Å². The van der Waals surface area contributed by atoms with Crippen LogP contribution in [0.3, 0.4) is 0 Å². The van der Waals surface area contributed by atoms with Gasteiger partial charge in [-0.2, -0.15) is 4.37 Å². The van der Waals surface area contributed by atoms with E-state index in [2.05, 4.69) is 38.9 Å². The van der Waals surface area contributed by atoms with Gasteiger partial charge in [-0.15, -0.1) is 0 Å². The standard InChI is InChI=1S/C16H21N3S/c1-2-7-15-13(6-1)16(20-18-15)19-10-4-5-12(11-19)14-8-3-9-17-14/h1-2,6-7,12,14,17H,3-5,8-11H2. The highest BCUT2D eigenvalue weighted by Crippen LogP contribution is 2.35. The van der Waals surface area contributed by atoms with Crippen molar-refractivity contribution in [1.82, 2.24) is 9.69 Å². The SMILES string of the molecule is c1ccc2c(N3CCCC(C4CCCN4)C3)snc2c1. The number of rotatable bonds is 2. The van der Waals surface area contributed by atoms with E-state index in [4.69, 9.17) is 0 Å². The molecule has 106 valence electrons. The summed E-state index contributed by atoms with van der Waals surface area (Å²) in [5, 5.41) is 6.40. The van der Waals surface area contributed by atoms with Crippen molar-refractivity contribution in [1.29, 1.82) is 0 Å². The molecule has 2 fully saturated rings. The van der Waals surface area contributed by atoms with Crippen molar-refractivity contribution < 1.29 is 0 Å². The van der Waals surface area contributed by atoms with Gasteiger partial charge in [0.25, 0.3) is 0 Å². The zero-order valence-electron chi connectivity index (χ0n) is 11.7. The molecule has 2 unspecified atom stereocenters. The van der Waals surface area contributed by atoms with Crippen LogP contribution in [0.15, 0.2) is 24.3 Å². The molecule has 0 spiro atoms. The van der Waals surface area contributed by atoms with Crippen molar-refractivity contribution >= 4 is 27.4 Å². The monoisotopic (exact) mass is 287 g/mol. The summed E-state index contributed by atoms with van der Waals surface area (Å²) in [6, 6.07) is 9.28. The molecule has 20 heavy (non-hydrogen) atoms. The van der Waals surface area contributed by atoms with Crippen LogP contribution in [0.2, 0.25) is 0 Å². The fraction of sp³-hybridized carbons (Fsp3) is 0.562. The fourth-order valence-electron chi connectivity index (χ4n) is 3.74. The molecule has 1 aromatic carbocycles. The van der Waals surface area contributed by atoms with Crippen LogP contribution in [-0.4, -0.2) is 30.0 Å². The van der Waals surface area contributed by atoms with Gasteiger partial charge in [-0.3, -0.25) is 0 Å². The number of nitrogens with one attached hydrogen (secondary N) is 1. The van der Waals surface area contributed by atoms with E-state index < -0.39 is 0 Å². The van der Waals surface area contributed by atoms with Crippen molar-refractivity contribution in [3.8, 4) is 0 Å². The molecule has 2 aromatic rings. The first kappa shape index (κ1) is 12.6. The Morgan fingerprint density at radius 1 is 1.20 bits per heavy atom. The predicted octanol–water partition coefficient (Wildman–Crippen LogP) is 3.26. The van der Waals surface area contributed by atoms with Crippen molar-refractivity contribution in [3.63, 3.8) is 0 Å². The number of nitrogens with zero attached hydrogens (tertiary/aromatic N) is 2. The summed E-state index contributed by atoms with van der Waals surface area (Å²) >= 11 is 1.67. The molecule has 3 nitrogen and oxygen atoms in total. The highest BCUT2D eigenvalue weighted by molar-refractivity contribution is 7.11. The first-order valence-electron chi connectivity index (χ1n) is 7.74. The van der Waals surface area contributed by atoms with Crippen LogP contribution in [0.1, 0.15) is 25.7 Å². The third-order valence-corrected chi connectivity index (χ3v) is 5.72. The summed E-state index contributed by atoms with van der Waals surface area (Å²) < 4.78 is 4.60. The molecule has 4 rings (SSSR count). The Labute approximate surface area is 124 Å². The number of anilines is 1. The maximum Gasteiger partial charge on any atom is 0.119 e. The molecule has 4 heteroatoms. The van der Waals surface area contributed by atoms with Crippen LogP contribution in [0, 0.1) is 5.92 Å². The number of aromatic nitrogens is 1. The number of hydrogen-bond acceptors (Lipinski definition) is 4. The quantitative estimate of drug-likeness (QED) is 0.919. The molecule has 0 saturated carbocycles. The minimum atomic E-state index is 0.747. The van der Waals surface area contributed by atoms with Crippen LogP contribution in [0.25, 0.3) is 10.9 Å². The lowest BCUT2D eigenvalue weighted by atomic mass is 9.90. The molecule has 0 amide bonds. The van der Waals surface area contributed by atoms with Gasteiger partial charge in [0.15, 0.2) is 0 Å². The maximum absolute atomic E-state index is 4.60. The van der Waals surface area contributed by atoms with Crippen LogP contribution < -0.4 is 10.2 Å². The predicted molar refractivity (Wildman–Crippen MR) is 85.6 cm³/mol. The normalized spacial score (nSPS) is 27.3. The Kier molecular flexibility index (Phi) is 3.36. The van der Waals surface area contributed by atoms with Gasteiger partial charge in [-0.05, 0) is 61.8 Å². The molecule has 2 aliphatic rings. The van der Waals surface area contributed by atoms with Crippen LogP contribution >= 0.6 is 11.5 Å². The second-order valence-corrected chi connectivity index (χ2v) is 6.81. The van der Waals surface area contributed by atoms with E-state index in [1.54, 1.807) is 11.5 Å². The number of piperidine rings is 1. The average Bonchev–Trinajstić information content (AvgIpc) is 3.17. The third-order valence-electron chi connectivity index (χ3n) is 4.78. The highest BCUT2D eigenvalue weighted by atomic mass is 32.1. The molecule has 1 aromatic heterocycles. The van der Waals surface area contributed by atoms with Crippen molar-refractivity contribution in [2.24, 2.45) is 5.92 Å². The minimum Gasteiger partial charge on any atom is -0.361 e. The largest absolute Gasteiger partial charge is 0.361 e. The van der Waals surface area contributed by atoms with E-state index in [0.29, 0.717) is 0 Å². The lowest BCUT2D eigenvalue weighted by Crippen LogP contribution is -2.43. The summed E-state index contributed by atoms with van der Waals surface area (Å²) in [7, 11) is 0. The van der Waals surface area contributed by atoms with Gasteiger partial charge in [0, 0.05) is 24.5 Å². The van der Waals surface area contributed by atoms with Gasteiger partial charge in [0.2, 0.25) is 0 Å². The van der Waals surface area contributed by atoms with Gasteiger partial charge < -0.3 is 10.2 Å². The van der Waals surface area contributed by atoms with Gasteiger partial charge >= 0.3 is 0 Å². The number of hydrogen-bond donors (Lipinski definition) is 1. The summed E-state index contributed by atoms with van der Waals surface area (Å²) in [6.07, 6.45) is 5.41. The first-order valence-corrected chi connectivity index (χ1v) is 8.52. The lowest BCUT2D eigenvalue weighted by Gasteiger charge is -2.36. The summed E-state index contributed by atoms with van der Waals surface area (Å²) in [5.41, 5.74) is 1.15. The molecular weight excluding hydrogens is 266 g/mol. The molecule has 0 aliphatic carbocycles. The molecule has 3 heterocycles. The number of benzene rings is 1. The van der Waals surface area contributed by atoms with Crippen molar-refractivity contribution in [2.75, 3.05) is 24.5 Å². The Bertz CT molecular complexity index is 588. The van der Waals surface area contributed by atoms with E-state index in [9.17, 15) is 0 Å². The highest BCUT2D eigenvalue weighted by Gasteiger charge is 2.30. The minimum absolute atomic E-state index is 0.747. The topological polar surface area (TPSA) is 28.2 Å². The summed E-state index contributed by atoms with van der Waals surface area (Å²) in [6.45, 7) is 3.60. The van der Waals surface area contributed by atoms with Crippen LogP contribution in [0.4, 0.5) is 5.00 Å². The first-order chi connectivity index (χ1) is 9.92. The van der Waals surface area contributed by atoms with E-state index in [0.717, 1.165) is 17.5 Å². The second-order valence-electron chi connectivity index (χ2n) is 6.06. The zero-order valence-corrected chi connectivity index (χ0v) is 12.5. The molecule has 0 bridgehead atoms. The van der Waals surface area contributed by atoms with Gasteiger partial charge in [-0.25, -0.2) is 0 Å². The van der Waals surface area contributed by atoms with Crippen molar-refractivity contribution in [3.05, 3.63) is 24.3 Å². The molecule has 2 aliphatic heterocycles. The Morgan fingerprint density at radius 3 is 3.05 bits per heavy atom. The average molecular weight is 287 g/mol. The van der Waals surface area contributed by atoms with Crippen molar-refractivity contribution in [2.45, 2.75) is 31.7 Å². The molecular formula is C16H21N3S. The van der Waals surface area contributed by atoms with E-state index in [1.165, 1.54) is 55.7 Å². The van der Waals surface area contributed by atoms with Crippen LogP contribution in [-0.2, 0) is 0 Å². The molecule has 1 N–H and O–H groups in total. The van der Waals surface area contributed by atoms with Gasteiger partial charge in [-0.1, -0.05) is 12.1 Å². The second kappa shape index (κ2) is 5.34. The maximum atomic E-state index is 4.60. The fourth-order valence-corrected chi connectivity index (χ4v) is 4.64. The Hall–Kier alpha value is -1.13. The zero-order chi connectivity index (χ0) is 13.4.